The maximum absolute atomic E-state index is 12.5. The highest BCUT2D eigenvalue weighted by molar-refractivity contribution is 7.09. The Balaban J connectivity index is 1.56. The SMILES string of the molecule is Cc1ccccc1CNC(=O)[C@H](C)N1CCO[C@@H](c2nccs2)C1. The molecular weight excluding hydrogens is 322 g/mol. The standard InChI is InChI=1S/C18H23N3O2S/c1-13-5-3-4-6-15(13)11-20-17(22)14(2)21-8-9-23-16(12-21)18-19-7-10-24-18/h3-7,10,14,16H,8-9,11-12H2,1-2H3,(H,20,22)/t14-,16+/m0/s1. The van der Waals surface area contributed by atoms with E-state index in [-0.39, 0.29) is 18.1 Å². The number of hydrogen-bond acceptors (Lipinski definition) is 5. The molecule has 6 heteroatoms. The van der Waals surface area contributed by atoms with Gasteiger partial charge in [0.2, 0.25) is 5.91 Å². The molecule has 2 heterocycles. The van der Waals surface area contributed by atoms with Crippen molar-refractivity contribution in [2.24, 2.45) is 0 Å². The van der Waals surface area contributed by atoms with E-state index >= 15 is 0 Å². The molecule has 1 fully saturated rings. The summed E-state index contributed by atoms with van der Waals surface area (Å²) < 4.78 is 5.80. The first-order valence-electron chi connectivity index (χ1n) is 8.22. The van der Waals surface area contributed by atoms with Gasteiger partial charge in [0.25, 0.3) is 0 Å². The van der Waals surface area contributed by atoms with Crippen LogP contribution in [0, 0.1) is 6.92 Å². The van der Waals surface area contributed by atoms with Gasteiger partial charge in [0.15, 0.2) is 0 Å². The molecule has 0 bridgehead atoms. The molecule has 2 atom stereocenters. The molecule has 1 saturated heterocycles. The molecule has 0 spiro atoms. The fourth-order valence-electron chi connectivity index (χ4n) is 2.87. The molecule has 128 valence electrons. The van der Waals surface area contributed by atoms with Gasteiger partial charge in [0.1, 0.15) is 11.1 Å². The second-order valence-corrected chi connectivity index (χ2v) is 6.97. The fourth-order valence-corrected chi connectivity index (χ4v) is 3.55. The molecular formula is C18H23N3O2S. The summed E-state index contributed by atoms with van der Waals surface area (Å²) in [5.41, 5.74) is 2.35. The van der Waals surface area contributed by atoms with Gasteiger partial charge in [-0.1, -0.05) is 24.3 Å². The van der Waals surface area contributed by atoms with Gasteiger partial charge in [-0.15, -0.1) is 11.3 Å². The van der Waals surface area contributed by atoms with Gasteiger partial charge in [0, 0.05) is 31.2 Å². The molecule has 1 aliphatic heterocycles. The summed E-state index contributed by atoms with van der Waals surface area (Å²) in [5, 5.41) is 5.99. The fraction of sp³-hybridized carbons (Fsp3) is 0.444. The number of nitrogens with one attached hydrogen (secondary N) is 1. The Morgan fingerprint density at radius 2 is 2.33 bits per heavy atom. The zero-order valence-corrected chi connectivity index (χ0v) is 14.9. The van der Waals surface area contributed by atoms with E-state index in [1.165, 1.54) is 5.56 Å². The average molecular weight is 345 g/mol. The Kier molecular flexibility index (Phi) is 5.60. The topological polar surface area (TPSA) is 54.5 Å². The number of morpholine rings is 1. The highest BCUT2D eigenvalue weighted by atomic mass is 32.1. The number of thiazole rings is 1. The van der Waals surface area contributed by atoms with Crippen LogP contribution in [0.3, 0.4) is 0 Å². The Morgan fingerprint density at radius 1 is 1.50 bits per heavy atom. The summed E-state index contributed by atoms with van der Waals surface area (Å²) in [4.78, 5) is 19.0. The van der Waals surface area contributed by atoms with Crippen LogP contribution in [0.4, 0.5) is 0 Å². The summed E-state index contributed by atoms with van der Waals surface area (Å²) >= 11 is 1.60. The largest absolute Gasteiger partial charge is 0.368 e. The highest BCUT2D eigenvalue weighted by Gasteiger charge is 2.29. The molecule has 0 aliphatic carbocycles. The van der Waals surface area contributed by atoms with Gasteiger partial charge >= 0.3 is 0 Å². The minimum Gasteiger partial charge on any atom is -0.368 e. The monoisotopic (exact) mass is 345 g/mol. The molecule has 1 aromatic heterocycles. The van der Waals surface area contributed by atoms with E-state index < -0.39 is 0 Å². The van der Waals surface area contributed by atoms with Crippen LogP contribution in [0.25, 0.3) is 0 Å². The van der Waals surface area contributed by atoms with Gasteiger partial charge in [-0.05, 0) is 25.0 Å². The number of benzene rings is 1. The van der Waals surface area contributed by atoms with Crippen LogP contribution in [-0.2, 0) is 16.1 Å². The highest BCUT2D eigenvalue weighted by Crippen LogP contribution is 2.24. The van der Waals surface area contributed by atoms with E-state index in [0.717, 1.165) is 17.1 Å². The van der Waals surface area contributed by atoms with Gasteiger partial charge < -0.3 is 10.1 Å². The number of aryl methyl sites for hydroxylation is 1. The Hall–Kier alpha value is -1.76. The lowest BCUT2D eigenvalue weighted by atomic mass is 10.1. The van der Waals surface area contributed by atoms with Crippen molar-refractivity contribution in [3.05, 3.63) is 52.0 Å². The van der Waals surface area contributed by atoms with Crippen molar-refractivity contribution in [3.8, 4) is 0 Å². The van der Waals surface area contributed by atoms with Crippen LogP contribution >= 0.6 is 11.3 Å². The summed E-state index contributed by atoms with van der Waals surface area (Å²) in [5.74, 6) is 0.0537. The van der Waals surface area contributed by atoms with Crippen molar-refractivity contribution >= 4 is 17.2 Å². The third kappa shape index (κ3) is 4.01. The third-order valence-corrected chi connectivity index (χ3v) is 5.33. The third-order valence-electron chi connectivity index (χ3n) is 4.47. The molecule has 1 aromatic carbocycles. The lowest BCUT2D eigenvalue weighted by Gasteiger charge is -2.35. The Morgan fingerprint density at radius 3 is 3.08 bits per heavy atom. The molecule has 0 radical (unpaired) electrons. The van der Waals surface area contributed by atoms with Gasteiger partial charge in [-0.25, -0.2) is 4.98 Å². The van der Waals surface area contributed by atoms with Crippen molar-refractivity contribution < 1.29 is 9.53 Å². The first-order chi connectivity index (χ1) is 11.6. The molecule has 24 heavy (non-hydrogen) atoms. The van der Waals surface area contributed by atoms with Gasteiger partial charge in [-0.2, -0.15) is 0 Å². The Bertz CT molecular complexity index is 675. The summed E-state index contributed by atoms with van der Waals surface area (Å²) in [6, 6.07) is 7.94. The van der Waals surface area contributed by atoms with E-state index in [2.05, 4.69) is 28.2 Å². The summed E-state index contributed by atoms with van der Waals surface area (Å²) in [6.07, 6.45) is 1.76. The number of carbonyl (C=O) groups is 1. The van der Waals surface area contributed by atoms with E-state index in [0.29, 0.717) is 19.7 Å². The summed E-state index contributed by atoms with van der Waals surface area (Å²) in [6.45, 7) is 6.67. The van der Waals surface area contributed by atoms with Gasteiger partial charge in [0.05, 0.1) is 12.6 Å². The summed E-state index contributed by atoms with van der Waals surface area (Å²) in [7, 11) is 0. The first-order valence-corrected chi connectivity index (χ1v) is 9.10. The maximum atomic E-state index is 12.5. The number of ether oxygens (including phenoxy) is 1. The first kappa shape index (κ1) is 17.1. The van der Waals surface area contributed by atoms with Crippen LogP contribution < -0.4 is 5.32 Å². The molecule has 1 amide bonds. The molecule has 0 saturated carbocycles. The van der Waals surface area contributed by atoms with Crippen LogP contribution in [0.15, 0.2) is 35.8 Å². The van der Waals surface area contributed by atoms with E-state index in [1.54, 1.807) is 17.5 Å². The zero-order chi connectivity index (χ0) is 16.9. The minimum atomic E-state index is -0.180. The second kappa shape index (κ2) is 7.88. The number of amides is 1. The molecule has 2 aromatic rings. The van der Waals surface area contributed by atoms with Crippen molar-refractivity contribution in [2.45, 2.75) is 32.5 Å². The number of rotatable bonds is 5. The molecule has 0 unspecified atom stereocenters. The molecule has 1 aliphatic rings. The normalized spacial score (nSPS) is 19.8. The van der Waals surface area contributed by atoms with E-state index in [1.807, 2.05) is 30.5 Å². The molecule has 5 nitrogen and oxygen atoms in total. The van der Waals surface area contributed by atoms with E-state index in [9.17, 15) is 4.79 Å². The predicted molar refractivity (Wildman–Crippen MR) is 94.9 cm³/mol. The van der Waals surface area contributed by atoms with Crippen LogP contribution in [0.1, 0.15) is 29.2 Å². The van der Waals surface area contributed by atoms with Crippen LogP contribution in [0.5, 0.6) is 0 Å². The van der Waals surface area contributed by atoms with Crippen molar-refractivity contribution in [2.75, 3.05) is 19.7 Å². The maximum Gasteiger partial charge on any atom is 0.237 e. The quantitative estimate of drug-likeness (QED) is 0.905. The predicted octanol–water partition coefficient (Wildman–Crippen LogP) is 2.53. The average Bonchev–Trinajstić information content (AvgIpc) is 3.15. The van der Waals surface area contributed by atoms with Crippen molar-refractivity contribution in [1.82, 2.24) is 15.2 Å². The minimum absolute atomic E-state index is 0.0367. The smallest absolute Gasteiger partial charge is 0.237 e. The molecule has 3 rings (SSSR count). The van der Waals surface area contributed by atoms with Gasteiger partial charge in [-0.3, -0.25) is 9.69 Å². The lowest BCUT2D eigenvalue weighted by molar-refractivity contribution is -0.129. The number of aromatic nitrogens is 1. The zero-order valence-electron chi connectivity index (χ0n) is 14.1. The number of hydrogen-bond donors (Lipinski definition) is 1. The van der Waals surface area contributed by atoms with Crippen LogP contribution in [0.2, 0.25) is 0 Å². The number of carbonyl (C=O) groups excluding carboxylic acids is 1. The Labute approximate surface area is 146 Å². The van der Waals surface area contributed by atoms with E-state index in [4.69, 9.17) is 4.74 Å². The number of nitrogens with zero attached hydrogens (tertiary/aromatic N) is 2. The van der Waals surface area contributed by atoms with Crippen LogP contribution in [-0.4, -0.2) is 41.5 Å². The second-order valence-electron chi connectivity index (χ2n) is 6.04. The molecule has 1 N–H and O–H groups in total. The van der Waals surface area contributed by atoms with Crippen molar-refractivity contribution in [3.63, 3.8) is 0 Å². The van der Waals surface area contributed by atoms with Crippen molar-refractivity contribution in [1.29, 1.82) is 0 Å². The lowest BCUT2D eigenvalue weighted by Crippen LogP contribution is -2.50.